The van der Waals surface area contributed by atoms with Gasteiger partial charge in [0, 0.05) is 26.1 Å². The van der Waals surface area contributed by atoms with E-state index in [1.54, 1.807) is 18.9 Å². The molecule has 2 aliphatic rings. The number of ether oxygens (including phenoxy) is 2. The molecule has 0 aromatic heterocycles. The van der Waals surface area contributed by atoms with Crippen LogP contribution in [0.15, 0.2) is 0 Å². The molecular formula is C13H22N2O5. The van der Waals surface area contributed by atoms with Gasteiger partial charge in [0.1, 0.15) is 5.41 Å². The second-order valence-electron chi connectivity index (χ2n) is 5.80. The molecule has 0 aromatic rings. The van der Waals surface area contributed by atoms with Crippen molar-refractivity contribution in [1.82, 2.24) is 10.2 Å². The molecule has 2 amide bonds. The number of likely N-dealkylation sites (tertiary alicyclic amines) is 1. The van der Waals surface area contributed by atoms with Crippen molar-refractivity contribution in [2.45, 2.75) is 19.4 Å². The Kier molecular flexibility index (Phi) is 4.49. The fourth-order valence-electron chi connectivity index (χ4n) is 2.71. The Labute approximate surface area is 118 Å². The zero-order chi connectivity index (χ0) is 14.8. The summed E-state index contributed by atoms with van der Waals surface area (Å²) in [7, 11) is 1.65. The van der Waals surface area contributed by atoms with Crippen LogP contribution in [-0.2, 0) is 14.3 Å². The summed E-state index contributed by atoms with van der Waals surface area (Å²) in [6.45, 7) is 3.94. The van der Waals surface area contributed by atoms with Crippen LogP contribution >= 0.6 is 0 Å². The first-order valence-corrected chi connectivity index (χ1v) is 6.83. The zero-order valence-corrected chi connectivity index (χ0v) is 11.9. The molecule has 2 fully saturated rings. The minimum Gasteiger partial charge on any atom is -0.481 e. The molecular weight excluding hydrogens is 264 g/mol. The molecule has 7 heteroatoms. The Bertz CT molecular complexity index is 389. The average Bonchev–Trinajstić information content (AvgIpc) is 2.99. The van der Waals surface area contributed by atoms with E-state index >= 15 is 0 Å². The lowest BCUT2D eigenvalue weighted by Crippen LogP contribution is -2.53. The van der Waals surface area contributed by atoms with Crippen LogP contribution in [-0.4, -0.2) is 68.1 Å². The van der Waals surface area contributed by atoms with Gasteiger partial charge in [-0.05, 0) is 13.3 Å². The monoisotopic (exact) mass is 286 g/mol. The molecule has 0 aromatic carbocycles. The number of nitrogens with zero attached hydrogens (tertiary/aromatic N) is 1. The van der Waals surface area contributed by atoms with E-state index in [1.165, 1.54) is 0 Å². The van der Waals surface area contributed by atoms with Crippen molar-refractivity contribution < 1.29 is 24.2 Å². The van der Waals surface area contributed by atoms with Crippen molar-refractivity contribution in [2.24, 2.45) is 11.3 Å². The molecule has 114 valence electrons. The van der Waals surface area contributed by atoms with Crippen molar-refractivity contribution in [3.05, 3.63) is 0 Å². The third-order valence-electron chi connectivity index (χ3n) is 4.22. The largest absolute Gasteiger partial charge is 0.481 e. The van der Waals surface area contributed by atoms with Crippen LogP contribution in [0.25, 0.3) is 0 Å². The van der Waals surface area contributed by atoms with Crippen LogP contribution in [0.4, 0.5) is 4.79 Å². The average molecular weight is 286 g/mol. The highest BCUT2D eigenvalue weighted by atomic mass is 16.5. The van der Waals surface area contributed by atoms with Crippen molar-refractivity contribution in [2.75, 3.05) is 40.0 Å². The first kappa shape index (κ1) is 15.1. The van der Waals surface area contributed by atoms with Gasteiger partial charge in [-0.15, -0.1) is 0 Å². The number of carboxylic acids is 1. The first-order chi connectivity index (χ1) is 9.47. The number of methoxy groups -OCH3 is 1. The molecule has 2 N–H and O–H groups in total. The zero-order valence-electron chi connectivity index (χ0n) is 11.9. The van der Waals surface area contributed by atoms with Gasteiger partial charge in [0.05, 0.1) is 25.9 Å². The molecule has 0 bridgehead atoms. The number of aliphatic carboxylic acids is 1. The molecule has 2 aliphatic heterocycles. The maximum absolute atomic E-state index is 12.2. The quantitative estimate of drug-likeness (QED) is 0.768. The third-order valence-corrected chi connectivity index (χ3v) is 4.22. The highest BCUT2D eigenvalue weighted by Crippen LogP contribution is 2.29. The summed E-state index contributed by atoms with van der Waals surface area (Å²) in [5.74, 6) is -0.588. The van der Waals surface area contributed by atoms with Gasteiger partial charge < -0.3 is 24.8 Å². The van der Waals surface area contributed by atoms with Crippen molar-refractivity contribution in [3.63, 3.8) is 0 Å². The smallest absolute Gasteiger partial charge is 0.317 e. The van der Waals surface area contributed by atoms with Crippen LogP contribution in [0.2, 0.25) is 0 Å². The van der Waals surface area contributed by atoms with E-state index in [2.05, 4.69) is 5.32 Å². The number of urea groups is 1. The lowest BCUT2D eigenvalue weighted by atomic mass is 9.85. The lowest BCUT2D eigenvalue weighted by molar-refractivity contribution is -0.148. The standard InChI is InChI=1S/C13H22N2O5/c1-13(11(16)17)8-20-7-10(13)14-12(18)15-4-3-9(5-15)6-19-2/h9-10H,3-8H2,1-2H3,(H,14,18)(H,16,17). The fraction of sp³-hybridized carbons (Fsp3) is 0.846. The third kappa shape index (κ3) is 2.88. The Morgan fingerprint density at radius 2 is 2.30 bits per heavy atom. The van der Waals surface area contributed by atoms with E-state index in [0.29, 0.717) is 25.6 Å². The van der Waals surface area contributed by atoms with E-state index in [1.807, 2.05) is 0 Å². The number of carbonyl (C=O) groups excluding carboxylic acids is 1. The summed E-state index contributed by atoms with van der Waals surface area (Å²) in [5.41, 5.74) is -1.05. The SMILES string of the molecule is COCC1CCN(C(=O)NC2COCC2(C)C(=O)O)C1. The minimum atomic E-state index is -1.05. The summed E-state index contributed by atoms with van der Waals surface area (Å²) in [6, 6.07) is -0.708. The second-order valence-corrected chi connectivity index (χ2v) is 5.80. The number of rotatable bonds is 4. The Hall–Kier alpha value is -1.34. The Balaban J connectivity index is 1.90. The number of hydrogen-bond acceptors (Lipinski definition) is 4. The van der Waals surface area contributed by atoms with E-state index in [0.717, 1.165) is 6.42 Å². The molecule has 0 saturated carbocycles. The van der Waals surface area contributed by atoms with Crippen molar-refractivity contribution >= 4 is 12.0 Å². The molecule has 3 atom stereocenters. The molecule has 2 heterocycles. The van der Waals surface area contributed by atoms with E-state index in [9.17, 15) is 14.7 Å². The number of carbonyl (C=O) groups is 2. The number of hydrogen-bond donors (Lipinski definition) is 2. The molecule has 0 aliphatic carbocycles. The van der Waals surface area contributed by atoms with Gasteiger partial charge >= 0.3 is 12.0 Å². The summed E-state index contributed by atoms with van der Waals surface area (Å²) >= 11 is 0. The molecule has 3 unspecified atom stereocenters. The molecule has 2 rings (SSSR count). The van der Waals surface area contributed by atoms with Gasteiger partial charge in [0.25, 0.3) is 0 Å². The minimum absolute atomic E-state index is 0.125. The van der Waals surface area contributed by atoms with Crippen molar-refractivity contribution in [3.8, 4) is 0 Å². The summed E-state index contributed by atoms with van der Waals surface area (Å²) in [4.78, 5) is 25.2. The maximum Gasteiger partial charge on any atom is 0.317 e. The Morgan fingerprint density at radius 3 is 2.95 bits per heavy atom. The van der Waals surface area contributed by atoms with Crippen molar-refractivity contribution in [1.29, 1.82) is 0 Å². The topological polar surface area (TPSA) is 88.1 Å². The lowest BCUT2D eigenvalue weighted by Gasteiger charge is -2.27. The molecule has 0 radical (unpaired) electrons. The molecule has 0 spiro atoms. The molecule has 7 nitrogen and oxygen atoms in total. The van der Waals surface area contributed by atoms with Crippen LogP contribution in [0.1, 0.15) is 13.3 Å². The second kappa shape index (κ2) is 5.97. The summed E-state index contributed by atoms with van der Waals surface area (Å²) in [5, 5.41) is 12.1. The van der Waals surface area contributed by atoms with Gasteiger partial charge in [-0.3, -0.25) is 4.79 Å². The fourth-order valence-corrected chi connectivity index (χ4v) is 2.71. The number of carboxylic acid groups (broad SMARTS) is 1. The Morgan fingerprint density at radius 1 is 1.55 bits per heavy atom. The molecule has 2 saturated heterocycles. The normalized spacial score (nSPS) is 33.4. The predicted octanol–water partition coefficient (Wildman–Crippen LogP) is 0.154. The molecule has 20 heavy (non-hydrogen) atoms. The van der Waals surface area contributed by atoms with Gasteiger partial charge in [0.2, 0.25) is 0 Å². The maximum atomic E-state index is 12.2. The van der Waals surface area contributed by atoms with Gasteiger partial charge in [-0.25, -0.2) is 4.79 Å². The number of amides is 2. The van der Waals surface area contributed by atoms with E-state index < -0.39 is 17.4 Å². The van der Waals surface area contributed by atoms with Crippen LogP contribution in [0, 0.1) is 11.3 Å². The van der Waals surface area contributed by atoms with E-state index in [-0.39, 0.29) is 19.2 Å². The first-order valence-electron chi connectivity index (χ1n) is 6.83. The van der Waals surface area contributed by atoms with E-state index in [4.69, 9.17) is 9.47 Å². The highest BCUT2D eigenvalue weighted by Gasteiger charge is 2.47. The van der Waals surface area contributed by atoms with Gasteiger partial charge in [-0.1, -0.05) is 0 Å². The number of nitrogens with one attached hydrogen (secondary N) is 1. The van der Waals surface area contributed by atoms with Gasteiger partial charge in [0.15, 0.2) is 0 Å². The van der Waals surface area contributed by atoms with Crippen LogP contribution in [0.3, 0.4) is 0 Å². The summed E-state index contributed by atoms with van der Waals surface area (Å²) in [6.07, 6.45) is 0.915. The summed E-state index contributed by atoms with van der Waals surface area (Å²) < 4.78 is 10.3. The van der Waals surface area contributed by atoms with Crippen LogP contribution < -0.4 is 5.32 Å². The van der Waals surface area contributed by atoms with Gasteiger partial charge in [-0.2, -0.15) is 0 Å². The highest BCUT2D eigenvalue weighted by molar-refractivity contribution is 5.79. The predicted molar refractivity (Wildman–Crippen MR) is 70.4 cm³/mol. The van der Waals surface area contributed by atoms with Crippen LogP contribution in [0.5, 0.6) is 0 Å².